The van der Waals surface area contributed by atoms with Crippen LogP contribution in [-0.4, -0.2) is 21.4 Å². The molecule has 0 aliphatic carbocycles. The number of sulfonamides is 1. The molecule has 2 aromatic rings. The Morgan fingerprint density at radius 2 is 1.82 bits per heavy atom. The van der Waals surface area contributed by atoms with Crippen LogP contribution in [0.2, 0.25) is 5.02 Å². The molecule has 0 atom stereocenters. The van der Waals surface area contributed by atoms with E-state index < -0.39 is 10.0 Å². The van der Waals surface area contributed by atoms with Gasteiger partial charge < -0.3 is 5.32 Å². The van der Waals surface area contributed by atoms with E-state index in [2.05, 4.69) is 10.0 Å². The smallest absolute Gasteiger partial charge is 0.251 e. The predicted octanol–water partition coefficient (Wildman–Crippen LogP) is 2.18. The van der Waals surface area contributed by atoms with Crippen molar-refractivity contribution in [2.24, 2.45) is 0 Å². The maximum absolute atomic E-state index is 12.1. The molecular formula is C15H15ClN2O3S. The molecule has 0 fully saturated rings. The molecule has 0 spiro atoms. The summed E-state index contributed by atoms with van der Waals surface area (Å²) in [4.78, 5) is 12.0. The van der Waals surface area contributed by atoms with Crippen molar-refractivity contribution >= 4 is 27.5 Å². The Balaban J connectivity index is 2.19. The molecule has 2 aromatic carbocycles. The van der Waals surface area contributed by atoms with Crippen LogP contribution in [0.1, 0.15) is 15.9 Å². The lowest BCUT2D eigenvalue weighted by atomic mass is 10.2. The van der Waals surface area contributed by atoms with Gasteiger partial charge in [-0.3, -0.25) is 4.79 Å². The number of carbonyl (C=O) groups excluding carboxylic acids is 1. The Morgan fingerprint density at radius 1 is 1.14 bits per heavy atom. The normalized spacial score (nSPS) is 11.2. The Kier molecular flexibility index (Phi) is 5.18. The Morgan fingerprint density at radius 3 is 2.45 bits per heavy atom. The largest absolute Gasteiger partial charge is 0.348 e. The lowest BCUT2D eigenvalue weighted by Gasteiger charge is -2.09. The number of rotatable bonds is 5. The zero-order chi connectivity index (χ0) is 16.2. The van der Waals surface area contributed by atoms with E-state index >= 15 is 0 Å². The molecule has 0 bridgehead atoms. The van der Waals surface area contributed by atoms with Gasteiger partial charge in [0.25, 0.3) is 5.91 Å². The van der Waals surface area contributed by atoms with Gasteiger partial charge >= 0.3 is 0 Å². The number of halogens is 1. The number of benzene rings is 2. The van der Waals surface area contributed by atoms with E-state index in [1.807, 2.05) is 30.3 Å². The summed E-state index contributed by atoms with van der Waals surface area (Å²) in [5, 5.41) is 2.80. The highest BCUT2D eigenvalue weighted by molar-refractivity contribution is 7.89. The molecule has 0 radical (unpaired) electrons. The number of amides is 1. The number of hydrogen-bond acceptors (Lipinski definition) is 3. The molecule has 5 nitrogen and oxygen atoms in total. The molecule has 0 heterocycles. The summed E-state index contributed by atoms with van der Waals surface area (Å²) in [7, 11) is -2.43. The summed E-state index contributed by atoms with van der Waals surface area (Å²) in [5.41, 5.74) is 1.18. The Hall–Kier alpha value is -1.89. The van der Waals surface area contributed by atoms with E-state index in [4.69, 9.17) is 11.6 Å². The topological polar surface area (TPSA) is 75.3 Å². The monoisotopic (exact) mass is 338 g/mol. The summed E-state index contributed by atoms with van der Waals surface area (Å²) < 4.78 is 25.9. The maximum Gasteiger partial charge on any atom is 0.251 e. The lowest BCUT2D eigenvalue weighted by molar-refractivity contribution is 0.0950. The highest BCUT2D eigenvalue weighted by atomic mass is 35.5. The summed E-state index contributed by atoms with van der Waals surface area (Å²) in [6, 6.07) is 13.6. The van der Waals surface area contributed by atoms with E-state index in [0.717, 1.165) is 5.56 Å². The standard InChI is InChI=1S/C15H15ClN2O3S/c1-17-22(20,21)14-9-12(7-8-13(14)16)15(19)18-10-11-5-3-2-4-6-11/h2-9,17H,10H2,1H3,(H,18,19). The first-order valence-corrected chi connectivity index (χ1v) is 8.35. The van der Waals surface area contributed by atoms with Gasteiger partial charge in [-0.1, -0.05) is 41.9 Å². The van der Waals surface area contributed by atoms with Crippen LogP contribution >= 0.6 is 11.6 Å². The minimum absolute atomic E-state index is 0.0639. The number of nitrogens with one attached hydrogen (secondary N) is 2. The summed E-state index contributed by atoms with van der Waals surface area (Å²) in [6.07, 6.45) is 0. The van der Waals surface area contributed by atoms with Crippen molar-refractivity contribution in [3.05, 3.63) is 64.7 Å². The molecule has 0 aromatic heterocycles. The third-order valence-electron chi connectivity index (χ3n) is 3.05. The molecule has 7 heteroatoms. The first-order chi connectivity index (χ1) is 10.4. The molecule has 0 aliphatic heterocycles. The fourth-order valence-corrected chi connectivity index (χ4v) is 3.09. The molecular weight excluding hydrogens is 324 g/mol. The van der Waals surface area contributed by atoms with Gasteiger partial charge in [0.15, 0.2) is 0 Å². The zero-order valence-electron chi connectivity index (χ0n) is 11.8. The lowest BCUT2D eigenvalue weighted by Crippen LogP contribution is -2.24. The fourth-order valence-electron chi connectivity index (χ4n) is 1.84. The molecule has 0 saturated heterocycles. The molecule has 0 unspecified atom stereocenters. The summed E-state index contributed by atoms with van der Waals surface area (Å²) >= 11 is 5.89. The van der Waals surface area contributed by atoms with E-state index in [0.29, 0.717) is 6.54 Å². The van der Waals surface area contributed by atoms with Crippen molar-refractivity contribution in [1.29, 1.82) is 0 Å². The van der Waals surface area contributed by atoms with Crippen LogP contribution in [0.4, 0.5) is 0 Å². The van der Waals surface area contributed by atoms with Crippen LogP contribution in [0.3, 0.4) is 0 Å². The zero-order valence-corrected chi connectivity index (χ0v) is 13.4. The second-order valence-corrected chi connectivity index (χ2v) is 6.78. The number of carbonyl (C=O) groups is 1. The van der Waals surface area contributed by atoms with Gasteiger partial charge in [-0.25, -0.2) is 13.1 Å². The Bertz CT molecular complexity index is 777. The summed E-state index contributed by atoms with van der Waals surface area (Å²) in [5.74, 6) is -0.368. The van der Waals surface area contributed by atoms with Crippen LogP contribution in [-0.2, 0) is 16.6 Å². The van der Waals surface area contributed by atoms with Gasteiger partial charge in [0, 0.05) is 12.1 Å². The average Bonchev–Trinajstić information content (AvgIpc) is 2.54. The van der Waals surface area contributed by atoms with Crippen LogP contribution in [0.5, 0.6) is 0 Å². The third kappa shape index (κ3) is 3.85. The van der Waals surface area contributed by atoms with E-state index in [9.17, 15) is 13.2 Å². The van der Waals surface area contributed by atoms with Gasteiger partial charge in [-0.05, 0) is 30.8 Å². The average molecular weight is 339 g/mol. The molecule has 22 heavy (non-hydrogen) atoms. The first kappa shape index (κ1) is 16.5. The van der Waals surface area contributed by atoms with E-state index in [-0.39, 0.29) is 21.4 Å². The molecule has 1 amide bonds. The first-order valence-electron chi connectivity index (χ1n) is 6.49. The quantitative estimate of drug-likeness (QED) is 0.877. The Labute approximate surface area is 134 Å². The van der Waals surface area contributed by atoms with Crippen molar-refractivity contribution < 1.29 is 13.2 Å². The van der Waals surface area contributed by atoms with Crippen molar-refractivity contribution in [1.82, 2.24) is 10.0 Å². The van der Waals surface area contributed by atoms with Gasteiger partial charge in [0.05, 0.1) is 5.02 Å². The predicted molar refractivity (Wildman–Crippen MR) is 85.3 cm³/mol. The summed E-state index contributed by atoms with van der Waals surface area (Å²) in [6.45, 7) is 0.358. The van der Waals surface area contributed by atoms with Crippen molar-refractivity contribution in [2.75, 3.05) is 7.05 Å². The van der Waals surface area contributed by atoms with E-state index in [1.54, 1.807) is 0 Å². The molecule has 2 N–H and O–H groups in total. The van der Waals surface area contributed by atoms with Crippen LogP contribution < -0.4 is 10.0 Å². The van der Waals surface area contributed by atoms with Crippen LogP contribution in [0.25, 0.3) is 0 Å². The van der Waals surface area contributed by atoms with Crippen molar-refractivity contribution in [3.8, 4) is 0 Å². The van der Waals surface area contributed by atoms with Gasteiger partial charge in [-0.2, -0.15) is 0 Å². The molecule has 2 rings (SSSR count). The van der Waals surface area contributed by atoms with Gasteiger partial charge in [-0.15, -0.1) is 0 Å². The fraction of sp³-hybridized carbons (Fsp3) is 0.133. The minimum atomic E-state index is -3.71. The van der Waals surface area contributed by atoms with Crippen LogP contribution in [0, 0.1) is 0 Å². The molecule has 116 valence electrons. The SMILES string of the molecule is CNS(=O)(=O)c1cc(C(=O)NCc2ccccc2)ccc1Cl. The highest BCUT2D eigenvalue weighted by Gasteiger charge is 2.18. The second-order valence-electron chi connectivity index (χ2n) is 4.52. The second kappa shape index (κ2) is 6.91. The van der Waals surface area contributed by atoms with Gasteiger partial charge in [0.2, 0.25) is 10.0 Å². The minimum Gasteiger partial charge on any atom is -0.348 e. The van der Waals surface area contributed by atoms with Gasteiger partial charge in [0.1, 0.15) is 4.90 Å². The maximum atomic E-state index is 12.1. The van der Waals surface area contributed by atoms with Crippen LogP contribution in [0.15, 0.2) is 53.4 Å². The van der Waals surface area contributed by atoms with Crippen molar-refractivity contribution in [3.63, 3.8) is 0 Å². The van der Waals surface area contributed by atoms with E-state index in [1.165, 1.54) is 25.2 Å². The molecule has 0 saturated carbocycles. The molecule has 0 aliphatic rings. The third-order valence-corrected chi connectivity index (χ3v) is 4.94. The highest BCUT2D eigenvalue weighted by Crippen LogP contribution is 2.22. The van der Waals surface area contributed by atoms with Crippen molar-refractivity contribution in [2.45, 2.75) is 11.4 Å². The number of hydrogen-bond donors (Lipinski definition) is 2.